The van der Waals surface area contributed by atoms with Gasteiger partial charge in [0.25, 0.3) is 11.8 Å². The van der Waals surface area contributed by atoms with E-state index in [2.05, 4.69) is 42.3 Å². The minimum atomic E-state index is -0.155. The lowest BCUT2D eigenvalue weighted by Crippen LogP contribution is -2.56. The van der Waals surface area contributed by atoms with Crippen LogP contribution in [0.1, 0.15) is 49.0 Å². The number of aryl methyl sites for hydroxylation is 4. The molecule has 1 aliphatic heterocycles. The van der Waals surface area contributed by atoms with Gasteiger partial charge in [0, 0.05) is 29.7 Å². The van der Waals surface area contributed by atoms with Gasteiger partial charge in [0.05, 0.1) is 11.7 Å². The molecule has 1 unspecified atom stereocenters. The van der Waals surface area contributed by atoms with E-state index in [1.807, 2.05) is 53.6 Å². The van der Waals surface area contributed by atoms with Crippen LogP contribution in [0.5, 0.6) is 0 Å². The van der Waals surface area contributed by atoms with Crippen LogP contribution in [-0.4, -0.2) is 45.2 Å². The van der Waals surface area contributed by atoms with Gasteiger partial charge in [0.15, 0.2) is 4.96 Å². The van der Waals surface area contributed by atoms with Gasteiger partial charge >= 0.3 is 0 Å². The van der Waals surface area contributed by atoms with E-state index in [9.17, 15) is 9.59 Å². The smallest absolute Gasteiger partial charge is 0.270 e. The molecule has 0 aliphatic carbocycles. The second-order valence-electron chi connectivity index (χ2n) is 9.04. The highest BCUT2D eigenvalue weighted by Crippen LogP contribution is 2.29. The summed E-state index contributed by atoms with van der Waals surface area (Å²) in [5.41, 5.74) is 6.40. The predicted molar refractivity (Wildman–Crippen MR) is 136 cm³/mol. The lowest BCUT2D eigenvalue weighted by atomic mass is 9.94. The summed E-state index contributed by atoms with van der Waals surface area (Å²) in [6, 6.07) is 14.1. The van der Waals surface area contributed by atoms with E-state index in [4.69, 9.17) is 0 Å². The van der Waals surface area contributed by atoms with Gasteiger partial charge in [-0.3, -0.25) is 14.0 Å². The van der Waals surface area contributed by atoms with Crippen molar-refractivity contribution in [2.24, 2.45) is 0 Å². The number of nitrogens with one attached hydrogen (secondary N) is 1. The van der Waals surface area contributed by atoms with E-state index in [-0.39, 0.29) is 17.9 Å². The molecule has 1 atom stereocenters. The number of carbonyl (C=O) groups is 2. The number of rotatable bonds is 5. The van der Waals surface area contributed by atoms with E-state index >= 15 is 0 Å². The molecule has 6 nitrogen and oxygen atoms in total. The second-order valence-corrected chi connectivity index (χ2v) is 10.2. The van der Waals surface area contributed by atoms with Crippen molar-refractivity contribution >= 4 is 28.1 Å². The van der Waals surface area contributed by atoms with Crippen molar-refractivity contribution in [3.63, 3.8) is 0 Å². The molecular formula is C27H28N4O2S. The molecule has 0 spiro atoms. The van der Waals surface area contributed by atoms with E-state index in [0.717, 1.165) is 27.4 Å². The van der Waals surface area contributed by atoms with Gasteiger partial charge < -0.3 is 10.2 Å². The van der Waals surface area contributed by atoms with E-state index in [0.29, 0.717) is 30.0 Å². The standard InChI is InChI=1S/C27H28N4O2S/c1-16-9-10-20(13-17(16)2)22-7-5-6-8-23(22)26(33)30-12-11-21(30)14-28-25(32)24-19(4)29-27-31(24)15-18(3)34-27/h5-10,13,15,21H,11-12,14H2,1-4H3,(H,28,32). The number of likely N-dealkylation sites (tertiary alicyclic amines) is 1. The van der Waals surface area contributed by atoms with Crippen LogP contribution in [0.2, 0.25) is 0 Å². The minimum Gasteiger partial charge on any atom is -0.349 e. The van der Waals surface area contributed by atoms with Crippen LogP contribution in [0.3, 0.4) is 0 Å². The summed E-state index contributed by atoms with van der Waals surface area (Å²) in [6.45, 7) is 9.15. The molecule has 1 N–H and O–H groups in total. The molecule has 1 fully saturated rings. The summed E-state index contributed by atoms with van der Waals surface area (Å²) in [4.78, 5) is 34.8. The Labute approximate surface area is 203 Å². The number of aromatic nitrogens is 2. The number of amides is 2. The average Bonchev–Trinajstić information content (AvgIpc) is 3.28. The summed E-state index contributed by atoms with van der Waals surface area (Å²) in [6.07, 6.45) is 2.81. The number of imidazole rings is 1. The molecule has 4 aromatic rings. The van der Waals surface area contributed by atoms with Crippen molar-refractivity contribution in [2.45, 2.75) is 40.2 Å². The number of thiazole rings is 1. The molecule has 3 heterocycles. The maximum Gasteiger partial charge on any atom is 0.270 e. The fourth-order valence-electron chi connectivity index (χ4n) is 4.54. The first-order valence-corrected chi connectivity index (χ1v) is 12.4. The third-order valence-electron chi connectivity index (χ3n) is 6.71. The van der Waals surface area contributed by atoms with Crippen LogP contribution in [0.15, 0.2) is 48.7 Å². The van der Waals surface area contributed by atoms with Gasteiger partial charge in [0.1, 0.15) is 5.69 Å². The van der Waals surface area contributed by atoms with Crippen LogP contribution in [0.25, 0.3) is 16.1 Å². The summed E-state index contributed by atoms with van der Waals surface area (Å²) in [7, 11) is 0. The molecule has 1 aliphatic rings. The van der Waals surface area contributed by atoms with Crippen LogP contribution in [0, 0.1) is 27.7 Å². The molecule has 174 valence electrons. The highest BCUT2D eigenvalue weighted by molar-refractivity contribution is 7.17. The molecule has 0 saturated carbocycles. The highest BCUT2D eigenvalue weighted by Gasteiger charge is 2.34. The Morgan fingerprint density at radius 2 is 1.88 bits per heavy atom. The molecule has 34 heavy (non-hydrogen) atoms. The maximum absolute atomic E-state index is 13.5. The van der Waals surface area contributed by atoms with Gasteiger partial charge in [-0.05, 0) is 62.4 Å². The monoisotopic (exact) mass is 472 g/mol. The normalized spacial score (nSPS) is 15.4. The number of fused-ring (bicyclic) bond motifs is 1. The Morgan fingerprint density at radius 1 is 1.09 bits per heavy atom. The van der Waals surface area contributed by atoms with Crippen molar-refractivity contribution in [1.82, 2.24) is 19.6 Å². The SMILES string of the molecule is Cc1cn2c(C(=O)NCC3CCN3C(=O)c3ccccc3-c3ccc(C)c(C)c3)c(C)nc2s1. The van der Waals surface area contributed by atoms with Crippen LogP contribution >= 0.6 is 11.3 Å². The number of hydrogen-bond acceptors (Lipinski definition) is 4. The van der Waals surface area contributed by atoms with Crippen LogP contribution < -0.4 is 5.32 Å². The topological polar surface area (TPSA) is 66.7 Å². The molecule has 0 radical (unpaired) electrons. The third kappa shape index (κ3) is 3.90. The Morgan fingerprint density at radius 3 is 2.62 bits per heavy atom. The second kappa shape index (κ2) is 8.72. The molecule has 1 saturated heterocycles. The molecule has 0 bridgehead atoms. The fourth-order valence-corrected chi connectivity index (χ4v) is 5.41. The number of nitrogens with zero attached hydrogens (tertiary/aromatic N) is 3. The largest absolute Gasteiger partial charge is 0.349 e. The number of benzene rings is 2. The first kappa shape index (κ1) is 22.3. The fraction of sp³-hybridized carbons (Fsp3) is 0.296. The van der Waals surface area contributed by atoms with Crippen molar-refractivity contribution in [3.8, 4) is 11.1 Å². The Bertz CT molecular complexity index is 1420. The first-order valence-electron chi connectivity index (χ1n) is 11.5. The van der Waals surface area contributed by atoms with Crippen LogP contribution in [0.4, 0.5) is 0 Å². The molecule has 2 amide bonds. The summed E-state index contributed by atoms with van der Waals surface area (Å²) < 4.78 is 1.86. The molecular weight excluding hydrogens is 444 g/mol. The lowest BCUT2D eigenvalue weighted by molar-refractivity contribution is 0.0456. The van der Waals surface area contributed by atoms with Crippen molar-refractivity contribution < 1.29 is 9.59 Å². The van der Waals surface area contributed by atoms with Crippen molar-refractivity contribution in [1.29, 1.82) is 0 Å². The highest BCUT2D eigenvalue weighted by atomic mass is 32.1. The van der Waals surface area contributed by atoms with Crippen molar-refractivity contribution in [2.75, 3.05) is 13.1 Å². The van der Waals surface area contributed by atoms with E-state index < -0.39 is 0 Å². The third-order valence-corrected chi connectivity index (χ3v) is 7.61. The first-order chi connectivity index (χ1) is 16.3. The minimum absolute atomic E-state index is 0.00992. The van der Waals surface area contributed by atoms with Gasteiger partial charge in [-0.2, -0.15) is 0 Å². The Kier molecular flexibility index (Phi) is 5.73. The maximum atomic E-state index is 13.5. The van der Waals surface area contributed by atoms with Gasteiger partial charge in [-0.25, -0.2) is 4.98 Å². The molecule has 2 aromatic heterocycles. The van der Waals surface area contributed by atoms with Gasteiger partial charge in [0.2, 0.25) is 0 Å². The Hall–Kier alpha value is -3.45. The zero-order chi connectivity index (χ0) is 24.0. The van der Waals surface area contributed by atoms with E-state index in [1.165, 1.54) is 11.1 Å². The molecule has 5 rings (SSSR count). The quantitative estimate of drug-likeness (QED) is 0.447. The van der Waals surface area contributed by atoms with E-state index in [1.54, 1.807) is 11.3 Å². The summed E-state index contributed by atoms with van der Waals surface area (Å²) in [5, 5.41) is 3.04. The van der Waals surface area contributed by atoms with Gasteiger partial charge in [-0.1, -0.05) is 36.4 Å². The Balaban J connectivity index is 1.31. The summed E-state index contributed by atoms with van der Waals surface area (Å²) >= 11 is 1.57. The average molecular weight is 473 g/mol. The molecule has 2 aromatic carbocycles. The van der Waals surface area contributed by atoms with Crippen LogP contribution in [-0.2, 0) is 0 Å². The zero-order valence-electron chi connectivity index (χ0n) is 19.9. The molecule has 7 heteroatoms. The predicted octanol–water partition coefficient (Wildman–Crippen LogP) is 4.94. The summed E-state index contributed by atoms with van der Waals surface area (Å²) in [5.74, 6) is -0.145. The number of carbonyl (C=O) groups excluding carboxylic acids is 2. The van der Waals surface area contributed by atoms with Crippen molar-refractivity contribution in [3.05, 3.63) is 81.6 Å². The zero-order valence-corrected chi connectivity index (χ0v) is 20.7. The number of hydrogen-bond donors (Lipinski definition) is 1. The van der Waals surface area contributed by atoms with Gasteiger partial charge in [-0.15, -0.1) is 11.3 Å². The lowest BCUT2D eigenvalue weighted by Gasteiger charge is -2.41.